The Morgan fingerprint density at radius 2 is 1.95 bits per heavy atom. The van der Waals surface area contributed by atoms with Crippen LogP contribution in [0.15, 0.2) is 36.7 Å². The summed E-state index contributed by atoms with van der Waals surface area (Å²) in [7, 11) is 1.70. The minimum atomic E-state index is 0.628. The summed E-state index contributed by atoms with van der Waals surface area (Å²) in [6.45, 7) is 6.72. The molecule has 0 radical (unpaired) electrons. The van der Waals surface area contributed by atoms with Gasteiger partial charge in [0, 0.05) is 18.0 Å². The molecule has 0 N–H and O–H groups in total. The quantitative estimate of drug-likeness (QED) is 0.729. The van der Waals surface area contributed by atoms with E-state index in [1.54, 1.807) is 7.11 Å². The van der Waals surface area contributed by atoms with Gasteiger partial charge in [-0.2, -0.15) is 0 Å². The highest BCUT2D eigenvalue weighted by atomic mass is 16.5. The molecule has 22 heavy (non-hydrogen) atoms. The van der Waals surface area contributed by atoms with Crippen molar-refractivity contribution in [1.29, 1.82) is 0 Å². The number of pyridine rings is 1. The molecule has 0 saturated carbocycles. The predicted octanol–water partition coefficient (Wildman–Crippen LogP) is 4.03. The third kappa shape index (κ3) is 2.41. The van der Waals surface area contributed by atoms with Gasteiger partial charge in [0.05, 0.1) is 19.4 Å². The van der Waals surface area contributed by atoms with Gasteiger partial charge in [-0.3, -0.25) is 0 Å². The lowest BCUT2D eigenvalue weighted by Crippen LogP contribution is -1.94. The van der Waals surface area contributed by atoms with E-state index in [0.29, 0.717) is 6.61 Å². The third-order valence-electron chi connectivity index (χ3n) is 3.76. The summed E-state index contributed by atoms with van der Waals surface area (Å²) in [5.74, 6) is 1.71. The van der Waals surface area contributed by atoms with Crippen LogP contribution in [-0.4, -0.2) is 23.1 Å². The van der Waals surface area contributed by atoms with Crippen LogP contribution >= 0.6 is 0 Å². The summed E-state index contributed by atoms with van der Waals surface area (Å²) in [4.78, 5) is 4.76. The molecule has 2 heterocycles. The molecule has 0 spiro atoms. The fourth-order valence-corrected chi connectivity index (χ4v) is 2.67. The van der Waals surface area contributed by atoms with Crippen LogP contribution in [0.3, 0.4) is 0 Å². The largest absolute Gasteiger partial charge is 0.496 e. The van der Waals surface area contributed by atoms with Crippen molar-refractivity contribution < 1.29 is 9.47 Å². The lowest BCUT2D eigenvalue weighted by molar-refractivity contribution is 0.342. The Bertz CT molecular complexity index is 821. The molecule has 3 rings (SSSR count). The highest BCUT2D eigenvalue weighted by Gasteiger charge is 2.12. The summed E-state index contributed by atoms with van der Waals surface area (Å²) < 4.78 is 13.0. The van der Waals surface area contributed by atoms with Crippen LogP contribution in [0.25, 0.3) is 16.9 Å². The molecular formula is C18H20N2O2. The molecule has 0 unspecified atom stereocenters. The predicted molar refractivity (Wildman–Crippen MR) is 87.8 cm³/mol. The number of rotatable bonds is 4. The zero-order valence-electron chi connectivity index (χ0n) is 13.4. The van der Waals surface area contributed by atoms with E-state index in [0.717, 1.165) is 39.5 Å². The zero-order chi connectivity index (χ0) is 15.7. The number of methoxy groups -OCH3 is 1. The van der Waals surface area contributed by atoms with Gasteiger partial charge >= 0.3 is 0 Å². The molecule has 2 aromatic heterocycles. The van der Waals surface area contributed by atoms with E-state index >= 15 is 0 Å². The molecule has 114 valence electrons. The van der Waals surface area contributed by atoms with Crippen molar-refractivity contribution in [1.82, 2.24) is 9.38 Å². The lowest BCUT2D eigenvalue weighted by atomic mass is 10.0. The number of aryl methyl sites for hydroxylation is 2. The smallest absolute Gasteiger partial charge is 0.180 e. The Kier molecular flexibility index (Phi) is 3.75. The number of fused-ring (bicyclic) bond motifs is 1. The molecule has 0 amide bonds. The molecular weight excluding hydrogens is 276 g/mol. The molecule has 0 aliphatic carbocycles. The first kappa shape index (κ1) is 14.4. The third-order valence-corrected chi connectivity index (χ3v) is 3.76. The van der Waals surface area contributed by atoms with Crippen LogP contribution in [0, 0.1) is 13.8 Å². The van der Waals surface area contributed by atoms with Gasteiger partial charge < -0.3 is 13.9 Å². The monoisotopic (exact) mass is 296 g/mol. The minimum absolute atomic E-state index is 0.628. The molecule has 0 saturated heterocycles. The maximum absolute atomic E-state index is 5.66. The Morgan fingerprint density at radius 3 is 2.68 bits per heavy atom. The van der Waals surface area contributed by atoms with Crippen LogP contribution in [-0.2, 0) is 0 Å². The van der Waals surface area contributed by atoms with Gasteiger partial charge in [-0.05, 0) is 56.2 Å². The number of ether oxygens (including phenoxy) is 2. The fourth-order valence-electron chi connectivity index (χ4n) is 2.67. The number of aromatic nitrogens is 2. The standard InChI is InChI=1S/C18H20N2O2/c1-5-22-16-7-6-8-20-11-15(19-18(16)20)14-9-13(3)17(21-4)10-12(14)2/h6-11H,5H2,1-4H3. The molecule has 0 bridgehead atoms. The van der Waals surface area contributed by atoms with Gasteiger partial charge in [-0.15, -0.1) is 0 Å². The highest BCUT2D eigenvalue weighted by molar-refractivity contribution is 5.70. The number of hydrogen-bond acceptors (Lipinski definition) is 3. The summed E-state index contributed by atoms with van der Waals surface area (Å²) in [5, 5.41) is 0. The lowest BCUT2D eigenvalue weighted by Gasteiger charge is -2.09. The molecule has 0 fully saturated rings. The van der Waals surface area contributed by atoms with Gasteiger partial charge in [0.15, 0.2) is 11.4 Å². The van der Waals surface area contributed by atoms with Gasteiger partial charge in [0.25, 0.3) is 0 Å². The number of nitrogens with zero attached hydrogens (tertiary/aromatic N) is 2. The topological polar surface area (TPSA) is 35.8 Å². The van der Waals surface area contributed by atoms with Gasteiger partial charge in [0.1, 0.15) is 5.75 Å². The van der Waals surface area contributed by atoms with E-state index < -0.39 is 0 Å². The van der Waals surface area contributed by atoms with E-state index in [9.17, 15) is 0 Å². The molecule has 4 nitrogen and oxygen atoms in total. The van der Waals surface area contributed by atoms with E-state index in [2.05, 4.69) is 19.1 Å². The average molecular weight is 296 g/mol. The summed E-state index contributed by atoms with van der Waals surface area (Å²) in [6, 6.07) is 8.09. The molecule has 3 aromatic rings. The second-order valence-corrected chi connectivity index (χ2v) is 5.30. The van der Waals surface area contributed by atoms with Gasteiger partial charge in [-0.25, -0.2) is 4.98 Å². The van der Waals surface area contributed by atoms with E-state index in [1.807, 2.05) is 42.8 Å². The van der Waals surface area contributed by atoms with Crippen LogP contribution in [0.5, 0.6) is 11.5 Å². The SMILES string of the molecule is CCOc1cccn2cc(-c3cc(C)c(OC)cc3C)nc12. The number of benzene rings is 1. The Morgan fingerprint density at radius 1 is 1.14 bits per heavy atom. The first-order valence-electron chi connectivity index (χ1n) is 7.40. The second kappa shape index (κ2) is 5.72. The summed E-state index contributed by atoms with van der Waals surface area (Å²) in [6.07, 6.45) is 4.02. The van der Waals surface area contributed by atoms with Crippen LogP contribution in [0.2, 0.25) is 0 Å². The normalized spacial score (nSPS) is 10.9. The Labute approximate surface area is 130 Å². The Hall–Kier alpha value is -2.49. The number of imidazole rings is 1. The first-order valence-corrected chi connectivity index (χ1v) is 7.40. The van der Waals surface area contributed by atoms with Crippen LogP contribution in [0.1, 0.15) is 18.1 Å². The molecule has 0 aliphatic heterocycles. The first-order chi connectivity index (χ1) is 10.6. The maximum atomic E-state index is 5.66. The van der Waals surface area contributed by atoms with E-state index in [-0.39, 0.29) is 0 Å². The highest BCUT2D eigenvalue weighted by Crippen LogP contribution is 2.31. The van der Waals surface area contributed by atoms with E-state index in [1.165, 1.54) is 0 Å². The maximum Gasteiger partial charge on any atom is 0.180 e. The summed E-state index contributed by atoms with van der Waals surface area (Å²) >= 11 is 0. The van der Waals surface area contributed by atoms with Crippen LogP contribution < -0.4 is 9.47 Å². The zero-order valence-corrected chi connectivity index (χ0v) is 13.4. The molecule has 0 aliphatic rings. The van der Waals surface area contributed by atoms with Crippen molar-refractivity contribution in [2.24, 2.45) is 0 Å². The van der Waals surface area contributed by atoms with E-state index in [4.69, 9.17) is 14.5 Å². The molecule has 4 heteroatoms. The van der Waals surface area contributed by atoms with Crippen molar-refractivity contribution in [3.8, 4) is 22.8 Å². The van der Waals surface area contributed by atoms with Gasteiger partial charge in [-0.1, -0.05) is 0 Å². The van der Waals surface area contributed by atoms with Crippen molar-refractivity contribution in [3.05, 3.63) is 47.8 Å². The van der Waals surface area contributed by atoms with Crippen molar-refractivity contribution in [3.63, 3.8) is 0 Å². The van der Waals surface area contributed by atoms with Crippen LogP contribution in [0.4, 0.5) is 0 Å². The average Bonchev–Trinajstić information content (AvgIpc) is 2.94. The van der Waals surface area contributed by atoms with Crippen molar-refractivity contribution in [2.45, 2.75) is 20.8 Å². The van der Waals surface area contributed by atoms with Crippen molar-refractivity contribution in [2.75, 3.05) is 13.7 Å². The second-order valence-electron chi connectivity index (χ2n) is 5.30. The number of hydrogen-bond donors (Lipinski definition) is 0. The fraction of sp³-hybridized carbons (Fsp3) is 0.278. The Balaban J connectivity index is 2.15. The summed E-state index contributed by atoms with van der Waals surface area (Å²) in [5.41, 5.74) is 5.14. The van der Waals surface area contributed by atoms with Gasteiger partial charge in [0.2, 0.25) is 0 Å². The van der Waals surface area contributed by atoms with Crippen molar-refractivity contribution >= 4 is 5.65 Å². The molecule has 0 atom stereocenters. The minimum Gasteiger partial charge on any atom is -0.496 e. The molecule has 1 aromatic carbocycles.